The fourth-order valence-electron chi connectivity index (χ4n) is 4.16. The number of quaternary nitrogens is 1. The van der Waals surface area contributed by atoms with Crippen LogP contribution >= 0.6 is 0 Å². The van der Waals surface area contributed by atoms with Crippen molar-refractivity contribution in [2.75, 3.05) is 26.7 Å². The average molecular weight is 415 g/mol. The predicted molar refractivity (Wildman–Crippen MR) is 130 cm³/mol. The van der Waals surface area contributed by atoms with Crippen molar-refractivity contribution in [2.45, 2.75) is 136 Å². The van der Waals surface area contributed by atoms with Gasteiger partial charge in [-0.15, -0.1) is 0 Å². The predicted octanol–water partition coefficient (Wildman–Crippen LogP) is 8.22. The van der Waals surface area contributed by atoms with Gasteiger partial charge in [-0.1, -0.05) is 97.8 Å². The van der Waals surface area contributed by atoms with E-state index in [1.165, 1.54) is 140 Å². The maximum absolute atomic E-state index is 8.36. The van der Waals surface area contributed by atoms with E-state index in [-0.39, 0.29) is 6.47 Å². The Bertz CT molecular complexity index is 266. The molecule has 1 N–H and O–H groups in total. The SMILES string of the molecule is CCCCCCCC[N+](C)(CCCCCCCC)CCCCCCCC.O=CO. The Morgan fingerprint density at radius 1 is 0.517 bits per heavy atom. The summed E-state index contributed by atoms with van der Waals surface area (Å²) in [5.41, 5.74) is 0. The second-order valence-electron chi connectivity index (χ2n) is 9.20. The van der Waals surface area contributed by atoms with Crippen molar-refractivity contribution in [3.8, 4) is 0 Å². The van der Waals surface area contributed by atoms with Gasteiger partial charge >= 0.3 is 0 Å². The van der Waals surface area contributed by atoms with E-state index >= 15 is 0 Å². The molecule has 0 heterocycles. The quantitative estimate of drug-likeness (QED) is 0.117. The van der Waals surface area contributed by atoms with Gasteiger partial charge in [-0.05, 0) is 38.5 Å². The van der Waals surface area contributed by atoms with Crippen LogP contribution in [0, 0.1) is 0 Å². The van der Waals surface area contributed by atoms with Gasteiger partial charge in [-0.25, -0.2) is 0 Å². The van der Waals surface area contributed by atoms with Gasteiger partial charge in [0.15, 0.2) is 0 Å². The Balaban J connectivity index is 0. The molecule has 0 aliphatic carbocycles. The van der Waals surface area contributed by atoms with E-state index in [2.05, 4.69) is 27.8 Å². The van der Waals surface area contributed by atoms with Crippen molar-refractivity contribution >= 4 is 6.47 Å². The number of hydrogen-bond acceptors (Lipinski definition) is 1. The van der Waals surface area contributed by atoms with Gasteiger partial charge in [0, 0.05) is 0 Å². The molecule has 3 heteroatoms. The van der Waals surface area contributed by atoms with Crippen LogP contribution in [0.2, 0.25) is 0 Å². The standard InChI is InChI=1S/C25H54N.CH2O2/c1-5-8-11-14-17-20-23-26(4,24-21-18-15-12-9-6-2)25-22-19-16-13-10-7-3;2-1-3/h5-25H2,1-4H3;1H,(H,2,3)/q+1;. The van der Waals surface area contributed by atoms with E-state index in [0.717, 1.165) is 0 Å². The second-order valence-corrected chi connectivity index (χ2v) is 9.20. The Morgan fingerprint density at radius 2 is 0.724 bits per heavy atom. The van der Waals surface area contributed by atoms with E-state index in [9.17, 15) is 0 Å². The summed E-state index contributed by atoms with van der Waals surface area (Å²) in [6, 6.07) is 0. The highest BCUT2D eigenvalue weighted by atomic mass is 16.3. The van der Waals surface area contributed by atoms with Gasteiger partial charge < -0.3 is 9.59 Å². The molecule has 0 rings (SSSR count). The number of hydrogen-bond donors (Lipinski definition) is 1. The lowest BCUT2D eigenvalue weighted by atomic mass is 10.1. The lowest BCUT2D eigenvalue weighted by molar-refractivity contribution is -0.910. The Morgan fingerprint density at radius 3 is 0.966 bits per heavy atom. The summed E-state index contributed by atoms with van der Waals surface area (Å²) in [6.45, 7) is 11.0. The molecule has 0 aromatic rings. The minimum absolute atomic E-state index is 0.250. The molecule has 3 nitrogen and oxygen atoms in total. The van der Waals surface area contributed by atoms with Crippen molar-refractivity contribution in [1.82, 2.24) is 0 Å². The highest BCUT2D eigenvalue weighted by Crippen LogP contribution is 2.16. The smallest absolute Gasteiger partial charge is 0.290 e. The van der Waals surface area contributed by atoms with Gasteiger partial charge in [-0.2, -0.15) is 0 Å². The highest BCUT2D eigenvalue weighted by Gasteiger charge is 2.20. The molecular formula is C26H56NO2+. The maximum atomic E-state index is 8.36. The minimum atomic E-state index is -0.250. The maximum Gasteiger partial charge on any atom is 0.290 e. The Kier molecular flexibility index (Phi) is 26.9. The summed E-state index contributed by atoms with van der Waals surface area (Å²) in [5.74, 6) is 0. The number of unbranched alkanes of at least 4 members (excludes halogenated alkanes) is 15. The van der Waals surface area contributed by atoms with Gasteiger partial charge in [0.05, 0.1) is 26.7 Å². The molecule has 0 saturated carbocycles. The van der Waals surface area contributed by atoms with Crippen molar-refractivity contribution < 1.29 is 14.4 Å². The van der Waals surface area contributed by atoms with Crippen LogP contribution < -0.4 is 0 Å². The van der Waals surface area contributed by atoms with Crippen LogP contribution in [0.15, 0.2) is 0 Å². The summed E-state index contributed by atoms with van der Waals surface area (Å²) >= 11 is 0. The topological polar surface area (TPSA) is 37.3 Å². The van der Waals surface area contributed by atoms with E-state index < -0.39 is 0 Å². The molecule has 0 spiro atoms. The lowest BCUT2D eigenvalue weighted by Crippen LogP contribution is -2.46. The summed E-state index contributed by atoms with van der Waals surface area (Å²) in [6.07, 6.45) is 25.9. The number of rotatable bonds is 21. The van der Waals surface area contributed by atoms with Crippen LogP contribution in [0.5, 0.6) is 0 Å². The van der Waals surface area contributed by atoms with Crippen molar-refractivity contribution in [3.05, 3.63) is 0 Å². The van der Waals surface area contributed by atoms with Crippen molar-refractivity contribution in [1.29, 1.82) is 0 Å². The number of nitrogens with zero attached hydrogens (tertiary/aromatic N) is 1. The van der Waals surface area contributed by atoms with E-state index in [1.807, 2.05) is 0 Å². The first kappa shape index (κ1) is 30.6. The number of carboxylic acid groups (broad SMARTS) is 1. The molecule has 0 atom stereocenters. The molecule has 0 fully saturated rings. The molecule has 0 radical (unpaired) electrons. The molecule has 0 aliphatic rings. The molecule has 0 saturated heterocycles. The van der Waals surface area contributed by atoms with Crippen LogP contribution in [-0.2, 0) is 4.79 Å². The fraction of sp³-hybridized carbons (Fsp3) is 0.962. The van der Waals surface area contributed by atoms with Gasteiger partial charge in [0.25, 0.3) is 6.47 Å². The van der Waals surface area contributed by atoms with Crippen LogP contribution in [0.3, 0.4) is 0 Å². The van der Waals surface area contributed by atoms with Gasteiger partial charge in [0.1, 0.15) is 0 Å². The monoisotopic (exact) mass is 414 g/mol. The molecule has 0 bridgehead atoms. The average Bonchev–Trinajstić information content (AvgIpc) is 2.71. The number of carbonyl (C=O) groups is 1. The third-order valence-corrected chi connectivity index (χ3v) is 6.15. The molecule has 176 valence electrons. The Labute approximate surface area is 184 Å². The third kappa shape index (κ3) is 25.4. The lowest BCUT2D eigenvalue weighted by Gasteiger charge is -2.35. The van der Waals surface area contributed by atoms with E-state index in [1.54, 1.807) is 0 Å². The molecule has 29 heavy (non-hydrogen) atoms. The first-order chi connectivity index (χ1) is 14.1. The second kappa shape index (κ2) is 25.5. The fourth-order valence-corrected chi connectivity index (χ4v) is 4.16. The zero-order valence-electron chi connectivity index (χ0n) is 20.7. The minimum Gasteiger partial charge on any atom is -0.483 e. The van der Waals surface area contributed by atoms with Gasteiger partial charge in [0.2, 0.25) is 0 Å². The van der Waals surface area contributed by atoms with E-state index in [0.29, 0.717) is 0 Å². The molecule has 0 unspecified atom stereocenters. The molecule has 0 aliphatic heterocycles. The molecule has 0 aromatic heterocycles. The highest BCUT2D eigenvalue weighted by molar-refractivity contribution is 5.32. The Hall–Kier alpha value is -0.570. The first-order valence-electron chi connectivity index (χ1n) is 13.0. The molecule has 0 aromatic carbocycles. The zero-order valence-corrected chi connectivity index (χ0v) is 20.7. The summed E-state index contributed by atoms with van der Waals surface area (Å²) < 4.78 is 1.36. The van der Waals surface area contributed by atoms with Crippen molar-refractivity contribution in [3.63, 3.8) is 0 Å². The van der Waals surface area contributed by atoms with Gasteiger partial charge in [-0.3, -0.25) is 4.79 Å². The molecule has 0 amide bonds. The van der Waals surface area contributed by atoms with Crippen molar-refractivity contribution in [2.24, 2.45) is 0 Å². The van der Waals surface area contributed by atoms with Crippen LogP contribution in [0.1, 0.15) is 136 Å². The van der Waals surface area contributed by atoms with Crippen LogP contribution in [0.4, 0.5) is 0 Å². The first-order valence-corrected chi connectivity index (χ1v) is 13.0. The largest absolute Gasteiger partial charge is 0.483 e. The van der Waals surface area contributed by atoms with E-state index in [4.69, 9.17) is 9.90 Å². The zero-order chi connectivity index (χ0) is 22.1. The summed E-state index contributed by atoms with van der Waals surface area (Å²) in [5, 5.41) is 6.89. The summed E-state index contributed by atoms with van der Waals surface area (Å²) in [4.78, 5) is 8.36. The summed E-state index contributed by atoms with van der Waals surface area (Å²) in [7, 11) is 2.56. The van der Waals surface area contributed by atoms with Crippen LogP contribution in [-0.4, -0.2) is 42.7 Å². The third-order valence-electron chi connectivity index (χ3n) is 6.15. The molecular weight excluding hydrogens is 358 g/mol. The van der Waals surface area contributed by atoms with Crippen LogP contribution in [0.25, 0.3) is 0 Å². The normalized spacial score (nSPS) is 11.2.